The first-order chi connectivity index (χ1) is 9.24. The fourth-order valence-electron chi connectivity index (χ4n) is 1.77. The van der Waals surface area contributed by atoms with Crippen LogP contribution in [-0.4, -0.2) is 13.9 Å². The van der Waals surface area contributed by atoms with Crippen LogP contribution in [0.25, 0.3) is 11.0 Å². The number of rotatable bonds is 3. The average molecular weight is 266 g/mol. The molecule has 108 valence electrons. The molecule has 0 saturated carbocycles. The molecule has 0 fully saturated rings. The Balaban J connectivity index is 0.000000741. The minimum atomic E-state index is 0.254. The van der Waals surface area contributed by atoms with Crippen molar-refractivity contribution in [3.05, 3.63) is 29.5 Å². The molecule has 0 N–H and O–H groups in total. The van der Waals surface area contributed by atoms with Crippen molar-refractivity contribution in [1.82, 2.24) is 0 Å². The van der Waals surface area contributed by atoms with E-state index in [1.165, 1.54) is 0 Å². The summed E-state index contributed by atoms with van der Waals surface area (Å²) in [7, 11) is 1.61. The summed E-state index contributed by atoms with van der Waals surface area (Å²) >= 11 is 0. The lowest BCUT2D eigenvalue weighted by Gasteiger charge is -2.10. The number of fused-ring (bicyclic) bond motifs is 1. The normalized spacial score (nSPS) is 9.21. The molecule has 2 aromatic rings. The molecule has 0 aliphatic carbocycles. The third-order valence-electron chi connectivity index (χ3n) is 2.38. The van der Waals surface area contributed by atoms with E-state index in [0.717, 1.165) is 27.8 Å². The zero-order chi connectivity index (χ0) is 14.8. The van der Waals surface area contributed by atoms with E-state index >= 15 is 0 Å². The molecule has 3 nitrogen and oxygen atoms in total. The fraction of sp³-hybridized carbons (Fsp3) is 0.500. The third kappa shape index (κ3) is 4.28. The molecule has 0 unspecified atom stereocenters. The molecule has 1 aromatic carbocycles. The molecule has 0 spiro atoms. The van der Waals surface area contributed by atoms with E-state index < -0.39 is 0 Å². The summed E-state index contributed by atoms with van der Waals surface area (Å²) in [5.41, 5.74) is 3.10. The quantitative estimate of drug-likeness (QED) is 0.725. The second-order valence-electron chi connectivity index (χ2n) is 3.55. The van der Waals surface area contributed by atoms with Gasteiger partial charge in [-0.15, -0.1) is 0 Å². The molecular weight excluding hydrogens is 240 g/mol. The van der Waals surface area contributed by atoms with Crippen LogP contribution in [0.15, 0.2) is 22.8 Å². The summed E-state index contributed by atoms with van der Waals surface area (Å²) in [5.74, 6) is 0.839. The Kier molecular flexibility index (Phi) is 8.71. The molecule has 1 aromatic heterocycles. The number of hydrogen-bond donors (Lipinski definition) is 0. The molecule has 0 aliphatic heterocycles. The van der Waals surface area contributed by atoms with Crippen molar-refractivity contribution >= 4 is 11.0 Å². The highest BCUT2D eigenvalue weighted by Crippen LogP contribution is 2.32. The Morgan fingerprint density at radius 3 is 2.26 bits per heavy atom. The van der Waals surface area contributed by atoms with Gasteiger partial charge in [0.15, 0.2) is 6.79 Å². The van der Waals surface area contributed by atoms with E-state index in [9.17, 15) is 0 Å². The first-order valence-electron chi connectivity index (χ1n) is 6.83. The van der Waals surface area contributed by atoms with Crippen molar-refractivity contribution in [3.8, 4) is 5.75 Å². The van der Waals surface area contributed by atoms with Gasteiger partial charge in [-0.05, 0) is 37.1 Å². The summed E-state index contributed by atoms with van der Waals surface area (Å²) in [4.78, 5) is 0. The Morgan fingerprint density at radius 1 is 1.05 bits per heavy atom. The van der Waals surface area contributed by atoms with Crippen molar-refractivity contribution in [2.24, 2.45) is 0 Å². The fourth-order valence-corrected chi connectivity index (χ4v) is 1.77. The molecule has 3 heteroatoms. The Morgan fingerprint density at radius 2 is 1.68 bits per heavy atom. The molecule has 0 radical (unpaired) electrons. The van der Waals surface area contributed by atoms with Crippen LogP contribution < -0.4 is 4.74 Å². The van der Waals surface area contributed by atoms with Gasteiger partial charge in [0.25, 0.3) is 0 Å². The van der Waals surface area contributed by atoms with Crippen LogP contribution in [0.3, 0.4) is 0 Å². The molecule has 0 saturated heterocycles. The molecule has 0 bridgehead atoms. The summed E-state index contributed by atoms with van der Waals surface area (Å²) in [6, 6.07) is 3.97. The number of ether oxygens (including phenoxy) is 2. The lowest BCUT2D eigenvalue weighted by atomic mass is 10.1. The van der Waals surface area contributed by atoms with Gasteiger partial charge in [0.1, 0.15) is 11.3 Å². The number of hydrogen-bond acceptors (Lipinski definition) is 3. The highest BCUT2D eigenvalue weighted by Gasteiger charge is 2.10. The van der Waals surface area contributed by atoms with Gasteiger partial charge in [-0.25, -0.2) is 0 Å². The monoisotopic (exact) mass is 266 g/mol. The van der Waals surface area contributed by atoms with Gasteiger partial charge in [-0.3, -0.25) is 0 Å². The van der Waals surface area contributed by atoms with Crippen molar-refractivity contribution in [2.75, 3.05) is 13.9 Å². The molecule has 0 amide bonds. The summed E-state index contributed by atoms with van der Waals surface area (Å²) in [6.07, 6.45) is 1.68. The van der Waals surface area contributed by atoms with Crippen molar-refractivity contribution in [1.29, 1.82) is 0 Å². The van der Waals surface area contributed by atoms with Crippen molar-refractivity contribution in [2.45, 2.75) is 41.5 Å². The molecule has 1 heterocycles. The zero-order valence-electron chi connectivity index (χ0n) is 13.2. The van der Waals surface area contributed by atoms with E-state index in [-0.39, 0.29) is 6.79 Å². The van der Waals surface area contributed by atoms with Crippen LogP contribution in [-0.2, 0) is 4.74 Å². The van der Waals surface area contributed by atoms with E-state index in [1.807, 2.05) is 47.6 Å². The van der Waals surface area contributed by atoms with Crippen LogP contribution in [0, 0.1) is 13.8 Å². The van der Waals surface area contributed by atoms with E-state index in [0.29, 0.717) is 0 Å². The van der Waals surface area contributed by atoms with Gasteiger partial charge in [-0.2, -0.15) is 0 Å². The van der Waals surface area contributed by atoms with Gasteiger partial charge in [0.05, 0.1) is 11.6 Å². The maximum Gasteiger partial charge on any atom is 0.188 e. The molecule has 2 rings (SSSR count). The molecule has 19 heavy (non-hydrogen) atoms. The molecule has 0 atom stereocenters. The minimum Gasteiger partial charge on any atom is -0.467 e. The second-order valence-corrected chi connectivity index (χ2v) is 3.55. The maximum absolute atomic E-state index is 5.53. The molecular formula is C16H26O3. The van der Waals surface area contributed by atoms with Crippen LogP contribution in [0.5, 0.6) is 5.75 Å². The van der Waals surface area contributed by atoms with Crippen LogP contribution in [0.4, 0.5) is 0 Å². The van der Waals surface area contributed by atoms with Gasteiger partial charge in [-0.1, -0.05) is 27.7 Å². The van der Waals surface area contributed by atoms with E-state index in [2.05, 4.69) is 6.07 Å². The highest BCUT2D eigenvalue weighted by molar-refractivity contribution is 5.87. The first-order valence-corrected chi connectivity index (χ1v) is 6.83. The van der Waals surface area contributed by atoms with Gasteiger partial charge < -0.3 is 13.9 Å². The Labute approximate surface area is 116 Å². The summed E-state index contributed by atoms with van der Waals surface area (Å²) < 4.78 is 15.8. The highest BCUT2D eigenvalue weighted by atomic mass is 16.7. The number of furan rings is 1. The number of benzene rings is 1. The van der Waals surface area contributed by atoms with Crippen LogP contribution in [0.2, 0.25) is 0 Å². The van der Waals surface area contributed by atoms with Gasteiger partial charge >= 0.3 is 0 Å². The largest absolute Gasteiger partial charge is 0.467 e. The first kappa shape index (κ1) is 17.5. The minimum absolute atomic E-state index is 0.254. The topological polar surface area (TPSA) is 31.6 Å². The van der Waals surface area contributed by atoms with Gasteiger partial charge in [0, 0.05) is 7.11 Å². The number of aryl methyl sites for hydroxylation is 2. The zero-order valence-corrected chi connectivity index (χ0v) is 13.2. The van der Waals surface area contributed by atoms with Crippen LogP contribution in [0.1, 0.15) is 38.8 Å². The van der Waals surface area contributed by atoms with E-state index in [4.69, 9.17) is 13.9 Å². The number of methoxy groups -OCH3 is 1. The predicted molar refractivity (Wildman–Crippen MR) is 80.9 cm³/mol. The van der Waals surface area contributed by atoms with Crippen molar-refractivity contribution in [3.63, 3.8) is 0 Å². The standard InChI is InChI=1S/C12H14O3.2C2H6/c1-8-6-9(2)12(15-7-13-3)10-4-5-14-11(8)10;2*1-2/h4-6H,7H2,1-3H3;2*1-2H3. The third-order valence-corrected chi connectivity index (χ3v) is 2.38. The van der Waals surface area contributed by atoms with Gasteiger partial charge in [0.2, 0.25) is 0 Å². The average Bonchev–Trinajstić information content (AvgIpc) is 2.93. The maximum atomic E-state index is 5.53. The summed E-state index contributed by atoms with van der Waals surface area (Å²) in [6.45, 7) is 12.3. The lowest BCUT2D eigenvalue weighted by Crippen LogP contribution is -2.00. The SMILES string of the molecule is CC.CC.COCOc1c(C)cc(C)c2occc12. The van der Waals surface area contributed by atoms with Crippen molar-refractivity contribution < 1.29 is 13.9 Å². The van der Waals surface area contributed by atoms with Crippen LogP contribution >= 0.6 is 0 Å². The van der Waals surface area contributed by atoms with E-state index in [1.54, 1.807) is 13.4 Å². The second kappa shape index (κ2) is 9.45. The summed E-state index contributed by atoms with van der Waals surface area (Å²) in [5, 5.41) is 1.00. The predicted octanol–water partition coefficient (Wildman–Crippen LogP) is 5.08. The Hall–Kier alpha value is -1.48. The Bertz CT molecular complexity index is 472. The molecule has 0 aliphatic rings. The lowest BCUT2D eigenvalue weighted by molar-refractivity contribution is 0.0517. The smallest absolute Gasteiger partial charge is 0.188 e.